The predicted molar refractivity (Wildman–Crippen MR) is 85.6 cm³/mol. The van der Waals surface area contributed by atoms with E-state index >= 15 is 0 Å². The number of aryl methyl sites for hydroxylation is 1. The molecule has 114 valence electrons. The molecule has 1 atom stereocenters. The molecule has 0 radical (unpaired) electrons. The van der Waals surface area contributed by atoms with Gasteiger partial charge in [0.2, 0.25) is 0 Å². The number of nitrogens with zero attached hydrogens (tertiary/aromatic N) is 2. The highest BCUT2D eigenvalue weighted by Gasteiger charge is 2.13. The van der Waals surface area contributed by atoms with Crippen molar-refractivity contribution in [1.82, 2.24) is 14.9 Å². The monoisotopic (exact) mass is 287 g/mol. The zero-order valence-electron chi connectivity index (χ0n) is 13.2. The number of hydrogen-bond donors (Lipinski definition) is 1. The van der Waals surface area contributed by atoms with E-state index in [1.807, 2.05) is 36.1 Å². The summed E-state index contributed by atoms with van der Waals surface area (Å²) >= 11 is 0. The second-order valence-electron chi connectivity index (χ2n) is 5.11. The number of para-hydroxylation sites is 1. The maximum absolute atomic E-state index is 6.00. The maximum atomic E-state index is 6.00. The van der Waals surface area contributed by atoms with Crippen molar-refractivity contribution in [2.24, 2.45) is 7.05 Å². The van der Waals surface area contributed by atoms with Gasteiger partial charge in [-0.2, -0.15) is 0 Å². The molecule has 1 aromatic carbocycles. The molecule has 0 spiro atoms. The van der Waals surface area contributed by atoms with Gasteiger partial charge in [0.05, 0.1) is 6.61 Å². The number of nitrogens with one attached hydrogen (secondary N) is 1. The van der Waals surface area contributed by atoms with Gasteiger partial charge in [-0.25, -0.2) is 4.98 Å². The van der Waals surface area contributed by atoms with Crippen molar-refractivity contribution < 1.29 is 4.74 Å². The Morgan fingerprint density at radius 3 is 2.76 bits per heavy atom. The fourth-order valence-corrected chi connectivity index (χ4v) is 2.51. The first-order valence-electron chi connectivity index (χ1n) is 7.67. The minimum atomic E-state index is 0.347. The van der Waals surface area contributed by atoms with Crippen molar-refractivity contribution in [3.63, 3.8) is 0 Å². The molecule has 0 bridgehead atoms. The van der Waals surface area contributed by atoms with Gasteiger partial charge in [-0.05, 0) is 19.0 Å². The quantitative estimate of drug-likeness (QED) is 0.811. The maximum Gasteiger partial charge on any atom is 0.124 e. The van der Waals surface area contributed by atoms with E-state index in [0.717, 1.165) is 31.0 Å². The van der Waals surface area contributed by atoms with Crippen LogP contribution in [0.4, 0.5) is 0 Å². The summed E-state index contributed by atoms with van der Waals surface area (Å²) in [6.45, 7) is 5.93. The van der Waals surface area contributed by atoms with Gasteiger partial charge < -0.3 is 14.6 Å². The lowest BCUT2D eigenvalue weighted by atomic mass is 10.0. The lowest BCUT2D eigenvalue weighted by Gasteiger charge is -2.20. The van der Waals surface area contributed by atoms with Crippen molar-refractivity contribution in [2.45, 2.75) is 32.7 Å². The Morgan fingerprint density at radius 2 is 2.10 bits per heavy atom. The number of ether oxygens (including phenoxy) is 1. The normalized spacial score (nSPS) is 12.3. The van der Waals surface area contributed by atoms with Crippen LogP contribution in [0, 0.1) is 0 Å². The third-order valence-corrected chi connectivity index (χ3v) is 3.66. The average molecular weight is 287 g/mol. The molecular formula is C17H25N3O. The summed E-state index contributed by atoms with van der Waals surface area (Å²) in [6, 6.07) is 8.64. The van der Waals surface area contributed by atoms with Crippen molar-refractivity contribution in [1.29, 1.82) is 0 Å². The number of rotatable bonds is 8. The summed E-state index contributed by atoms with van der Waals surface area (Å²) in [5.41, 5.74) is 1.24. The van der Waals surface area contributed by atoms with Crippen LogP contribution in [-0.2, 0) is 13.5 Å². The molecule has 0 aliphatic heterocycles. The van der Waals surface area contributed by atoms with E-state index in [0.29, 0.717) is 12.6 Å². The van der Waals surface area contributed by atoms with Crippen LogP contribution in [0.2, 0.25) is 0 Å². The third-order valence-electron chi connectivity index (χ3n) is 3.66. The van der Waals surface area contributed by atoms with E-state index in [1.54, 1.807) is 0 Å². The van der Waals surface area contributed by atoms with Crippen molar-refractivity contribution in [3.05, 3.63) is 48.0 Å². The summed E-state index contributed by atoms with van der Waals surface area (Å²) in [4.78, 5) is 4.32. The first kappa shape index (κ1) is 15.6. The molecule has 0 fully saturated rings. The molecule has 1 N–H and O–H groups in total. The lowest BCUT2D eigenvalue weighted by molar-refractivity contribution is 0.309. The smallest absolute Gasteiger partial charge is 0.124 e. The summed E-state index contributed by atoms with van der Waals surface area (Å²) < 4.78 is 8.03. The zero-order chi connectivity index (χ0) is 15.1. The fraction of sp³-hybridized carbons (Fsp3) is 0.471. The van der Waals surface area contributed by atoms with Crippen LogP contribution in [0.25, 0.3) is 0 Å². The molecule has 21 heavy (non-hydrogen) atoms. The van der Waals surface area contributed by atoms with Gasteiger partial charge in [0, 0.05) is 37.5 Å². The molecule has 2 aromatic rings. The van der Waals surface area contributed by atoms with Crippen LogP contribution in [0.5, 0.6) is 5.75 Å². The first-order chi connectivity index (χ1) is 10.3. The van der Waals surface area contributed by atoms with E-state index in [4.69, 9.17) is 4.74 Å². The van der Waals surface area contributed by atoms with Crippen LogP contribution in [-0.4, -0.2) is 22.7 Å². The summed E-state index contributed by atoms with van der Waals surface area (Å²) in [6.07, 6.45) is 5.65. The standard InChI is InChI=1S/C17H25N3O/c1-4-15(18-5-2)14-8-6-7-9-16(14)21-13-10-17-19-11-12-20(17)3/h6-9,11-12,15,18H,4-5,10,13H2,1-3H3. The van der Waals surface area contributed by atoms with Crippen LogP contribution in [0.3, 0.4) is 0 Å². The lowest BCUT2D eigenvalue weighted by Crippen LogP contribution is -2.21. The Bertz CT molecular complexity index is 550. The van der Waals surface area contributed by atoms with Crippen LogP contribution in [0.15, 0.2) is 36.7 Å². The van der Waals surface area contributed by atoms with Gasteiger partial charge in [-0.1, -0.05) is 32.0 Å². The highest BCUT2D eigenvalue weighted by Crippen LogP contribution is 2.27. The number of aromatic nitrogens is 2. The second kappa shape index (κ2) is 7.84. The Hall–Kier alpha value is -1.81. The molecule has 0 aliphatic carbocycles. The summed E-state index contributed by atoms with van der Waals surface area (Å²) in [5.74, 6) is 2.02. The van der Waals surface area contributed by atoms with Gasteiger partial charge in [0.1, 0.15) is 11.6 Å². The van der Waals surface area contributed by atoms with E-state index in [1.165, 1.54) is 5.56 Å². The van der Waals surface area contributed by atoms with Crippen LogP contribution in [0.1, 0.15) is 37.7 Å². The molecule has 1 aromatic heterocycles. The Balaban J connectivity index is 2.01. The van der Waals surface area contributed by atoms with Gasteiger partial charge in [0.15, 0.2) is 0 Å². The molecule has 0 aliphatic rings. The summed E-state index contributed by atoms with van der Waals surface area (Å²) in [7, 11) is 2.01. The fourth-order valence-electron chi connectivity index (χ4n) is 2.51. The van der Waals surface area contributed by atoms with Gasteiger partial charge in [-0.15, -0.1) is 0 Å². The largest absolute Gasteiger partial charge is 0.493 e. The molecule has 4 heteroatoms. The molecule has 1 heterocycles. The Kier molecular flexibility index (Phi) is 5.81. The summed E-state index contributed by atoms with van der Waals surface area (Å²) in [5, 5.41) is 3.51. The topological polar surface area (TPSA) is 39.1 Å². The van der Waals surface area contributed by atoms with Gasteiger partial charge >= 0.3 is 0 Å². The molecular weight excluding hydrogens is 262 g/mol. The van der Waals surface area contributed by atoms with E-state index < -0.39 is 0 Å². The zero-order valence-corrected chi connectivity index (χ0v) is 13.2. The van der Waals surface area contributed by atoms with Crippen molar-refractivity contribution in [3.8, 4) is 5.75 Å². The van der Waals surface area contributed by atoms with Crippen LogP contribution >= 0.6 is 0 Å². The Morgan fingerprint density at radius 1 is 1.29 bits per heavy atom. The number of imidazole rings is 1. The van der Waals surface area contributed by atoms with E-state index in [-0.39, 0.29) is 0 Å². The molecule has 2 rings (SSSR count). The van der Waals surface area contributed by atoms with Crippen molar-refractivity contribution >= 4 is 0 Å². The number of benzene rings is 1. The second-order valence-corrected chi connectivity index (χ2v) is 5.11. The Labute approximate surface area is 127 Å². The van der Waals surface area contributed by atoms with E-state index in [9.17, 15) is 0 Å². The first-order valence-corrected chi connectivity index (χ1v) is 7.67. The highest BCUT2D eigenvalue weighted by atomic mass is 16.5. The SMILES string of the molecule is CCNC(CC)c1ccccc1OCCc1nccn1C. The predicted octanol–water partition coefficient (Wildman–Crippen LogP) is 3.10. The minimum Gasteiger partial charge on any atom is -0.493 e. The number of hydrogen-bond acceptors (Lipinski definition) is 3. The highest BCUT2D eigenvalue weighted by molar-refractivity contribution is 5.36. The van der Waals surface area contributed by atoms with Crippen molar-refractivity contribution in [2.75, 3.05) is 13.2 Å². The van der Waals surface area contributed by atoms with Gasteiger partial charge in [0.25, 0.3) is 0 Å². The molecule has 1 unspecified atom stereocenters. The third kappa shape index (κ3) is 4.08. The molecule has 0 saturated heterocycles. The van der Waals surface area contributed by atoms with Gasteiger partial charge in [-0.3, -0.25) is 0 Å². The average Bonchev–Trinajstić information content (AvgIpc) is 2.91. The minimum absolute atomic E-state index is 0.347. The molecule has 4 nitrogen and oxygen atoms in total. The molecule has 0 amide bonds. The van der Waals surface area contributed by atoms with Crippen LogP contribution < -0.4 is 10.1 Å². The molecule has 0 saturated carbocycles. The van der Waals surface area contributed by atoms with E-state index in [2.05, 4.69) is 36.3 Å².